The molecule has 134 valence electrons. The highest BCUT2D eigenvalue weighted by Gasteiger charge is 2.28. The molecule has 1 aliphatic rings. The molecule has 1 aromatic heterocycles. The summed E-state index contributed by atoms with van der Waals surface area (Å²) < 4.78 is 5.02. The zero-order chi connectivity index (χ0) is 18.0. The molecule has 2 heterocycles. The third kappa shape index (κ3) is 3.97. The van der Waals surface area contributed by atoms with Gasteiger partial charge >= 0.3 is 6.09 Å². The quantitative estimate of drug-likeness (QED) is 0.850. The van der Waals surface area contributed by atoms with Crippen molar-refractivity contribution in [2.24, 2.45) is 0 Å². The summed E-state index contributed by atoms with van der Waals surface area (Å²) in [6.45, 7) is 3.57. The van der Waals surface area contributed by atoms with Crippen LogP contribution in [0.1, 0.15) is 23.9 Å². The molecule has 0 unspecified atom stereocenters. The van der Waals surface area contributed by atoms with Crippen molar-refractivity contribution in [1.82, 2.24) is 19.9 Å². The number of aliphatic hydroxyl groups is 1. The molecule has 25 heavy (non-hydrogen) atoms. The molecule has 1 aliphatic heterocycles. The van der Waals surface area contributed by atoms with Gasteiger partial charge in [-0.15, -0.1) is 0 Å². The van der Waals surface area contributed by atoms with E-state index >= 15 is 0 Å². The van der Waals surface area contributed by atoms with Crippen molar-refractivity contribution in [3.8, 4) is 11.4 Å². The first-order valence-electron chi connectivity index (χ1n) is 8.21. The van der Waals surface area contributed by atoms with Gasteiger partial charge in [0.15, 0.2) is 0 Å². The number of aliphatic hydroxyl groups excluding tert-OH is 1. The number of rotatable bonds is 5. The molecule has 1 saturated heterocycles. The number of likely N-dealkylation sites (N-methyl/N-ethyl adjacent to an activating group) is 1. The minimum absolute atomic E-state index is 0.343. The van der Waals surface area contributed by atoms with E-state index in [2.05, 4.69) is 15.0 Å². The van der Waals surface area contributed by atoms with Crippen LogP contribution in [0.5, 0.6) is 0 Å². The highest BCUT2D eigenvalue weighted by Crippen LogP contribution is 2.26. The summed E-state index contributed by atoms with van der Waals surface area (Å²) in [5, 5.41) is 23.1. The van der Waals surface area contributed by atoms with Crippen molar-refractivity contribution in [3.05, 3.63) is 35.7 Å². The predicted molar refractivity (Wildman–Crippen MR) is 90.1 cm³/mol. The standard InChI is InChI=1S/C17H22N4O4/c1-11-18-16(19-25-11)13-5-3-4-12(8-13)15(20(2)17(23)24)10-21-7-6-14(22)9-21/h3-5,8,14-15,22H,6-7,9-10H2,1-2H3,(H,23,24)/t14-,15+/m0/s1. The van der Waals surface area contributed by atoms with Crippen molar-refractivity contribution in [2.45, 2.75) is 25.5 Å². The van der Waals surface area contributed by atoms with Gasteiger partial charge in [-0.3, -0.25) is 4.90 Å². The summed E-state index contributed by atoms with van der Waals surface area (Å²) in [6.07, 6.45) is -0.624. The smallest absolute Gasteiger partial charge is 0.407 e. The molecule has 0 bridgehead atoms. The van der Waals surface area contributed by atoms with E-state index in [1.54, 1.807) is 14.0 Å². The second-order valence-electron chi connectivity index (χ2n) is 6.37. The third-order valence-corrected chi connectivity index (χ3v) is 4.51. The molecule has 2 atom stereocenters. The molecular formula is C17H22N4O4. The lowest BCUT2D eigenvalue weighted by molar-refractivity contribution is 0.120. The summed E-state index contributed by atoms with van der Waals surface area (Å²) in [6, 6.07) is 7.16. The van der Waals surface area contributed by atoms with Crippen molar-refractivity contribution in [1.29, 1.82) is 0 Å². The van der Waals surface area contributed by atoms with Gasteiger partial charge < -0.3 is 19.6 Å². The van der Waals surface area contributed by atoms with Crippen LogP contribution >= 0.6 is 0 Å². The lowest BCUT2D eigenvalue weighted by Crippen LogP contribution is -2.38. The van der Waals surface area contributed by atoms with Gasteiger partial charge in [-0.05, 0) is 18.1 Å². The van der Waals surface area contributed by atoms with Crippen LogP contribution in [0, 0.1) is 6.92 Å². The molecule has 1 fully saturated rings. The van der Waals surface area contributed by atoms with Gasteiger partial charge in [-0.1, -0.05) is 23.4 Å². The molecule has 2 aromatic rings. The monoisotopic (exact) mass is 346 g/mol. The molecule has 3 rings (SSSR count). The number of aryl methyl sites for hydroxylation is 1. The van der Waals surface area contributed by atoms with E-state index in [0.29, 0.717) is 31.2 Å². The van der Waals surface area contributed by atoms with E-state index in [1.165, 1.54) is 4.90 Å². The highest BCUT2D eigenvalue weighted by atomic mass is 16.5. The third-order valence-electron chi connectivity index (χ3n) is 4.51. The van der Waals surface area contributed by atoms with E-state index in [4.69, 9.17) is 4.52 Å². The number of carboxylic acid groups (broad SMARTS) is 1. The largest absolute Gasteiger partial charge is 0.465 e. The Labute approximate surface area is 145 Å². The van der Waals surface area contributed by atoms with E-state index in [-0.39, 0.29) is 12.1 Å². The molecule has 8 heteroatoms. The maximum atomic E-state index is 11.5. The Hall–Kier alpha value is -2.45. The van der Waals surface area contributed by atoms with Crippen LogP contribution in [0.25, 0.3) is 11.4 Å². The minimum Gasteiger partial charge on any atom is -0.465 e. The highest BCUT2D eigenvalue weighted by molar-refractivity contribution is 5.66. The molecule has 0 aliphatic carbocycles. The number of β-amino-alcohol motifs (C(OH)–C–C–N with tert-alkyl or cyclic N) is 1. The molecule has 8 nitrogen and oxygen atoms in total. The van der Waals surface area contributed by atoms with E-state index in [0.717, 1.165) is 17.7 Å². The molecule has 2 N–H and O–H groups in total. The first-order chi connectivity index (χ1) is 11.9. The van der Waals surface area contributed by atoms with Crippen molar-refractivity contribution in [2.75, 3.05) is 26.7 Å². The Balaban J connectivity index is 1.88. The maximum Gasteiger partial charge on any atom is 0.407 e. The van der Waals surface area contributed by atoms with Crippen LogP contribution < -0.4 is 0 Å². The Kier molecular flexibility index (Phi) is 5.00. The fourth-order valence-electron chi connectivity index (χ4n) is 3.11. The SMILES string of the molecule is Cc1nc(-c2cccc([C@@H](CN3CC[C@H](O)C3)N(C)C(=O)O)c2)no1. The number of hydrogen-bond donors (Lipinski definition) is 2. The average Bonchev–Trinajstić information content (AvgIpc) is 3.20. The zero-order valence-corrected chi connectivity index (χ0v) is 14.3. The Morgan fingerprint density at radius 1 is 1.52 bits per heavy atom. The van der Waals surface area contributed by atoms with Gasteiger partial charge in [0.05, 0.1) is 12.1 Å². The second-order valence-corrected chi connectivity index (χ2v) is 6.37. The van der Waals surface area contributed by atoms with Crippen LogP contribution in [0.3, 0.4) is 0 Å². The van der Waals surface area contributed by atoms with Gasteiger partial charge in [-0.25, -0.2) is 4.79 Å². The Bertz CT molecular complexity index is 748. The van der Waals surface area contributed by atoms with Crippen molar-refractivity contribution < 1.29 is 19.5 Å². The first-order valence-corrected chi connectivity index (χ1v) is 8.21. The van der Waals surface area contributed by atoms with E-state index < -0.39 is 6.09 Å². The molecular weight excluding hydrogens is 324 g/mol. The van der Waals surface area contributed by atoms with Crippen LogP contribution in [0.2, 0.25) is 0 Å². The fraction of sp³-hybridized carbons (Fsp3) is 0.471. The summed E-state index contributed by atoms with van der Waals surface area (Å²) >= 11 is 0. The number of amides is 1. The summed E-state index contributed by atoms with van der Waals surface area (Å²) in [4.78, 5) is 19.1. The number of benzene rings is 1. The lowest BCUT2D eigenvalue weighted by atomic mass is 10.0. The number of carbonyl (C=O) groups is 1. The number of aromatic nitrogens is 2. The van der Waals surface area contributed by atoms with Crippen LogP contribution in [-0.4, -0.2) is 69.0 Å². The topological polar surface area (TPSA) is 103 Å². The van der Waals surface area contributed by atoms with Crippen molar-refractivity contribution >= 4 is 6.09 Å². The number of hydrogen-bond acceptors (Lipinski definition) is 6. The maximum absolute atomic E-state index is 11.5. The summed E-state index contributed by atoms with van der Waals surface area (Å²) in [5.74, 6) is 0.957. The van der Waals surface area contributed by atoms with Crippen LogP contribution in [0.4, 0.5) is 4.79 Å². The van der Waals surface area contributed by atoms with Crippen molar-refractivity contribution in [3.63, 3.8) is 0 Å². The molecule has 0 radical (unpaired) electrons. The number of nitrogens with zero attached hydrogens (tertiary/aromatic N) is 4. The fourth-order valence-corrected chi connectivity index (χ4v) is 3.11. The normalized spacial score (nSPS) is 19.1. The van der Waals surface area contributed by atoms with Gasteiger partial charge in [-0.2, -0.15) is 4.98 Å². The van der Waals surface area contributed by atoms with E-state index in [9.17, 15) is 15.0 Å². The van der Waals surface area contributed by atoms with Gasteiger partial charge in [0.25, 0.3) is 0 Å². The Morgan fingerprint density at radius 3 is 2.92 bits per heavy atom. The van der Waals surface area contributed by atoms with Gasteiger partial charge in [0.1, 0.15) is 0 Å². The summed E-state index contributed by atoms with van der Waals surface area (Å²) in [7, 11) is 1.56. The molecule has 1 aromatic carbocycles. The lowest BCUT2D eigenvalue weighted by Gasteiger charge is -2.30. The van der Waals surface area contributed by atoms with Crippen LogP contribution in [-0.2, 0) is 0 Å². The van der Waals surface area contributed by atoms with Crippen LogP contribution in [0.15, 0.2) is 28.8 Å². The Morgan fingerprint density at radius 2 is 2.32 bits per heavy atom. The first kappa shape index (κ1) is 17.4. The number of likely N-dealkylation sites (tertiary alicyclic amines) is 1. The molecule has 0 saturated carbocycles. The molecule has 0 spiro atoms. The summed E-state index contributed by atoms with van der Waals surface area (Å²) in [5.41, 5.74) is 1.63. The van der Waals surface area contributed by atoms with E-state index in [1.807, 2.05) is 24.3 Å². The predicted octanol–water partition coefficient (Wildman–Crippen LogP) is 1.76. The second kappa shape index (κ2) is 7.20. The van der Waals surface area contributed by atoms with Gasteiger partial charge in [0.2, 0.25) is 11.7 Å². The minimum atomic E-state index is -0.995. The molecule has 1 amide bonds. The average molecular weight is 346 g/mol. The van der Waals surface area contributed by atoms with Gasteiger partial charge in [0, 0.05) is 39.2 Å². The zero-order valence-electron chi connectivity index (χ0n) is 14.3.